The lowest BCUT2D eigenvalue weighted by atomic mass is 9.88. The minimum atomic E-state index is -1.90. The van der Waals surface area contributed by atoms with Crippen molar-refractivity contribution in [1.82, 2.24) is 0 Å². The predicted molar refractivity (Wildman–Crippen MR) is 118 cm³/mol. The Morgan fingerprint density at radius 2 is 1.61 bits per heavy atom. The van der Waals surface area contributed by atoms with Gasteiger partial charge >= 0.3 is 0 Å². The Labute approximate surface area is 172 Å². The Balaban J connectivity index is 3.40. The van der Waals surface area contributed by atoms with E-state index in [1.807, 2.05) is 13.0 Å². The van der Waals surface area contributed by atoms with Gasteiger partial charge in [-0.05, 0) is 43.5 Å². The Kier molecular flexibility index (Phi) is 8.84. The zero-order valence-electron chi connectivity index (χ0n) is 19.4. The monoisotopic (exact) mass is 412 g/mol. The molecule has 0 saturated heterocycles. The highest BCUT2D eigenvalue weighted by molar-refractivity contribution is 6.74. The highest BCUT2D eigenvalue weighted by atomic mass is 28.4. The van der Waals surface area contributed by atoms with Crippen molar-refractivity contribution in [2.75, 3.05) is 34.5 Å². The summed E-state index contributed by atoms with van der Waals surface area (Å²) < 4.78 is 23.4. The van der Waals surface area contributed by atoms with Crippen LogP contribution in [-0.2, 0) is 4.43 Å². The van der Waals surface area contributed by atoms with E-state index in [1.165, 1.54) is 0 Å². The number of ether oxygens (including phenoxy) is 3. The molecule has 5 nitrogen and oxygen atoms in total. The van der Waals surface area contributed by atoms with Gasteiger partial charge in [-0.15, -0.1) is 0 Å². The van der Waals surface area contributed by atoms with E-state index < -0.39 is 8.32 Å². The number of methoxy groups -OCH3 is 3. The minimum Gasteiger partial charge on any atom is -0.496 e. The third kappa shape index (κ3) is 5.64. The van der Waals surface area contributed by atoms with Crippen LogP contribution >= 0.6 is 0 Å². The zero-order chi connectivity index (χ0) is 21.7. The number of rotatable bonds is 10. The lowest BCUT2D eigenvalue weighted by Crippen LogP contribution is -2.41. The topological polar surface area (TPSA) is 57.2 Å². The molecular formula is C22H40O5Si. The second-order valence-electron chi connectivity index (χ2n) is 9.15. The molecule has 2 atom stereocenters. The summed E-state index contributed by atoms with van der Waals surface area (Å²) in [4.78, 5) is 0. The number of aliphatic hydroxyl groups is 1. The first-order valence-corrected chi connectivity index (χ1v) is 12.9. The van der Waals surface area contributed by atoms with Crippen LogP contribution in [0.3, 0.4) is 0 Å². The van der Waals surface area contributed by atoms with E-state index in [-0.39, 0.29) is 23.5 Å². The molecule has 1 aromatic rings. The summed E-state index contributed by atoms with van der Waals surface area (Å²) in [6.45, 7) is 16.0. The van der Waals surface area contributed by atoms with E-state index in [4.69, 9.17) is 18.6 Å². The van der Waals surface area contributed by atoms with Gasteiger partial charge in [0.2, 0.25) is 0 Å². The largest absolute Gasteiger partial charge is 0.496 e. The Hall–Kier alpha value is -1.24. The van der Waals surface area contributed by atoms with Crippen LogP contribution in [0.4, 0.5) is 0 Å². The molecule has 6 heteroatoms. The van der Waals surface area contributed by atoms with Gasteiger partial charge in [0.05, 0.1) is 21.3 Å². The molecule has 0 fully saturated rings. The summed E-state index contributed by atoms with van der Waals surface area (Å²) in [7, 11) is 3.06. The highest BCUT2D eigenvalue weighted by Crippen LogP contribution is 2.45. The molecule has 0 aliphatic heterocycles. The highest BCUT2D eigenvalue weighted by Gasteiger charge is 2.38. The smallest absolute Gasteiger partial charge is 0.192 e. The molecule has 0 spiro atoms. The minimum absolute atomic E-state index is 0.0877. The van der Waals surface area contributed by atoms with Crippen LogP contribution in [0.25, 0.3) is 0 Å². The standard InChI is InChI=1S/C22H40O5Si/c1-15(13-23)11-17(14-27-28(9,10)22(3,4)5)18-12-19(24-6)21(26-8)16(2)20(18)25-7/h12,15,17,23H,11,13-14H2,1-10H3/t15-,17+/m0/s1. The van der Waals surface area contributed by atoms with Gasteiger partial charge < -0.3 is 23.7 Å². The molecule has 0 aliphatic rings. The fourth-order valence-corrected chi connectivity index (χ4v) is 4.18. The normalized spacial score (nSPS) is 14.5. The summed E-state index contributed by atoms with van der Waals surface area (Å²) >= 11 is 0. The van der Waals surface area contributed by atoms with Crippen molar-refractivity contribution in [3.8, 4) is 17.2 Å². The second-order valence-corrected chi connectivity index (χ2v) is 14.0. The molecule has 1 aromatic carbocycles. The SMILES string of the molecule is COc1cc([C@@H](CO[Si](C)(C)C(C)(C)C)C[C@H](C)CO)c(OC)c(C)c1OC. The summed E-state index contributed by atoms with van der Waals surface area (Å²) in [6, 6.07) is 1.99. The fraction of sp³-hybridized carbons (Fsp3) is 0.727. The van der Waals surface area contributed by atoms with Crippen LogP contribution < -0.4 is 14.2 Å². The molecule has 162 valence electrons. The third-order valence-electron chi connectivity index (χ3n) is 5.97. The van der Waals surface area contributed by atoms with Crippen LogP contribution in [0.1, 0.15) is 51.2 Å². The summed E-state index contributed by atoms with van der Waals surface area (Å²) in [5, 5.41) is 9.78. The van der Waals surface area contributed by atoms with Crippen LogP contribution in [-0.4, -0.2) is 48.0 Å². The number of hydrogen-bond donors (Lipinski definition) is 1. The molecule has 0 amide bonds. The van der Waals surface area contributed by atoms with E-state index in [2.05, 4.69) is 40.8 Å². The summed E-state index contributed by atoms with van der Waals surface area (Å²) in [5.74, 6) is 2.41. The lowest BCUT2D eigenvalue weighted by Gasteiger charge is -2.38. The van der Waals surface area contributed by atoms with Gasteiger partial charge in [0.15, 0.2) is 19.8 Å². The van der Waals surface area contributed by atoms with Crippen LogP contribution in [0.2, 0.25) is 18.1 Å². The molecule has 0 unspecified atom stereocenters. The van der Waals surface area contributed by atoms with Crippen molar-refractivity contribution in [2.45, 2.75) is 65.1 Å². The van der Waals surface area contributed by atoms with Crippen molar-refractivity contribution < 1.29 is 23.7 Å². The van der Waals surface area contributed by atoms with Gasteiger partial charge in [0.25, 0.3) is 0 Å². The predicted octanol–water partition coefficient (Wildman–Crippen LogP) is 5.14. The maximum absolute atomic E-state index is 9.64. The van der Waals surface area contributed by atoms with Gasteiger partial charge in [-0.25, -0.2) is 0 Å². The van der Waals surface area contributed by atoms with Crippen molar-refractivity contribution in [3.63, 3.8) is 0 Å². The number of benzene rings is 1. The summed E-state index contributed by atoms with van der Waals surface area (Å²) in [6.07, 6.45) is 0.802. The molecule has 0 bridgehead atoms. The molecule has 0 heterocycles. The van der Waals surface area contributed by atoms with Crippen LogP contribution in [0, 0.1) is 12.8 Å². The molecule has 1 N–H and O–H groups in total. The molecular weight excluding hydrogens is 372 g/mol. The van der Waals surface area contributed by atoms with Gasteiger partial charge in [-0.3, -0.25) is 0 Å². The average Bonchev–Trinajstić information content (AvgIpc) is 2.62. The van der Waals surface area contributed by atoms with Gasteiger partial charge in [0.1, 0.15) is 5.75 Å². The first-order chi connectivity index (χ1) is 12.9. The van der Waals surface area contributed by atoms with E-state index in [9.17, 15) is 5.11 Å². The van der Waals surface area contributed by atoms with Gasteiger partial charge in [-0.2, -0.15) is 0 Å². The average molecular weight is 413 g/mol. The van der Waals surface area contributed by atoms with E-state index in [1.54, 1.807) is 21.3 Å². The van der Waals surface area contributed by atoms with Crippen molar-refractivity contribution >= 4 is 8.32 Å². The second kappa shape index (κ2) is 9.99. The quantitative estimate of drug-likeness (QED) is 0.539. The van der Waals surface area contributed by atoms with Crippen LogP contribution in [0.15, 0.2) is 6.07 Å². The van der Waals surface area contributed by atoms with Crippen LogP contribution in [0.5, 0.6) is 17.2 Å². The molecule has 28 heavy (non-hydrogen) atoms. The van der Waals surface area contributed by atoms with Crippen molar-refractivity contribution in [2.24, 2.45) is 5.92 Å². The summed E-state index contributed by atoms with van der Waals surface area (Å²) in [5.41, 5.74) is 1.95. The lowest BCUT2D eigenvalue weighted by molar-refractivity contribution is 0.196. The first kappa shape index (κ1) is 24.8. The zero-order valence-corrected chi connectivity index (χ0v) is 20.4. The first-order valence-electron chi connectivity index (χ1n) is 9.97. The van der Waals surface area contributed by atoms with Crippen molar-refractivity contribution in [1.29, 1.82) is 0 Å². The van der Waals surface area contributed by atoms with E-state index >= 15 is 0 Å². The van der Waals surface area contributed by atoms with E-state index in [0.29, 0.717) is 18.1 Å². The van der Waals surface area contributed by atoms with E-state index in [0.717, 1.165) is 23.3 Å². The molecule has 0 saturated carbocycles. The Morgan fingerprint density at radius 1 is 1.04 bits per heavy atom. The Morgan fingerprint density at radius 3 is 2.04 bits per heavy atom. The molecule has 0 aliphatic carbocycles. The Bertz CT molecular complexity index is 637. The maximum atomic E-state index is 9.64. The van der Waals surface area contributed by atoms with Crippen molar-refractivity contribution in [3.05, 3.63) is 17.2 Å². The fourth-order valence-electron chi connectivity index (χ4n) is 3.13. The maximum Gasteiger partial charge on any atom is 0.192 e. The van der Waals surface area contributed by atoms with Gasteiger partial charge in [-0.1, -0.05) is 27.7 Å². The third-order valence-corrected chi connectivity index (χ3v) is 10.5. The number of aliphatic hydroxyl groups excluding tert-OH is 1. The molecule has 0 radical (unpaired) electrons. The van der Waals surface area contributed by atoms with Gasteiger partial charge in [0, 0.05) is 30.3 Å². The number of hydrogen-bond acceptors (Lipinski definition) is 5. The molecule has 1 rings (SSSR count). The molecule has 0 aromatic heterocycles.